The largest absolute Gasteiger partial charge is 0.497 e. The van der Waals surface area contributed by atoms with Gasteiger partial charge in [-0.1, -0.05) is 6.07 Å². The van der Waals surface area contributed by atoms with E-state index >= 15 is 0 Å². The first kappa shape index (κ1) is 15.3. The van der Waals surface area contributed by atoms with E-state index in [-0.39, 0.29) is 17.9 Å². The van der Waals surface area contributed by atoms with Crippen LogP contribution in [0.25, 0.3) is 0 Å². The Labute approximate surface area is 132 Å². The molecule has 0 radical (unpaired) electrons. The summed E-state index contributed by atoms with van der Waals surface area (Å²) in [6.07, 6.45) is 4.29. The first-order valence-corrected chi connectivity index (χ1v) is 8.25. The number of carbonyl (C=O) groups is 1. The summed E-state index contributed by atoms with van der Waals surface area (Å²) in [7, 11) is 1.70. The molecule has 1 N–H and O–H groups in total. The van der Waals surface area contributed by atoms with Crippen molar-refractivity contribution >= 4 is 5.91 Å². The maximum atomic E-state index is 12.3. The quantitative estimate of drug-likeness (QED) is 0.930. The van der Waals surface area contributed by atoms with E-state index in [1.807, 2.05) is 13.0 Å². The second-order valence-electron chi connectivity index (χ2n) is 6.37. The molecule has 0 unspecified atom stereocenters. The van der Waals surface area contributed by atoms with Crippen LogP contribution < -0.4 is 10.1 Å². The average Bonchev–Trinajstić information content (AvgIpc) is 2.98. The minimum atomic E-state index is 0.0129. The molecule has 1 saturated heterocycles. The topological polar surface area (TPSA) is 47.6 Å². The number of methoxy groups -OCH3 is 1. The van der Waals surface area contributed by atoms with Crippen LogP contribution in [-0.2, 0) is 16.0 Å². The highest BCUT2D eigenvalue weighted by Gasteiger charge is 2.31. The SMILES string of the molecule is COc1ccc2c(c1)CCC[C@@H]2CNC(=O)[C@H]1CCO[C@@H]1C. The third-order valence-corrected chi connectivity index (χ3v) is 5.02. The van der Waals surface area contributed by atoms with Crippen molar-refractivity contribution in [3.8, 4) is 5.75 Å². The van der Waals surface area contributed by atoms with Gasteiger partial charge in [-0.2, -0.15) is 0 Å². The smallest absolute Gasteiger partial charge is 0.225 e. The number of amides is 1. The molecule has 120 valence electrons. The Bertz CT molecular complexity index is 543. The molecular weight excluding hydrogens is 278 g/mol. The average molecular weight is 303 g/mol. The molecule has 0 saturated carbocycles. The van der Waals surface area contributed by atoms with Gasteiger partial charge in [-0.15, -0.1) is 0 Å². The van der Waals surface area contributed by atoms with E-state index in [0.29, 0.717) is 12.5 Å². The number of benzene rings is 1. The molecule has 1 aliphatic carbocycles. The Balaban J connectivity index is 1.63. The fraction of sp³-hybridized carbons (Fsp3) is 0.611. The molecule has 22 heavy (non-hydrogen) atoms. The minimum Gasteiger partial charge on any atom is -0.497 e. The van der Waals surface area contributed by atoms with Gasteiger partial charge in [0.05, 0.1) is 19.1 Å². The van der Waals surface area contributed by atoms with Crippen molar-refractivity contribution in [2.45, 2.75) is 44.6 Å². The molecule has 1 aliphatic heterocycles. The predicted molar refractivity (Wildman–Crippen MR) is 85.2 cm³/mol. The standard InChI is InChI=1S/C18H25NO3/c1-12-16(8-9-22-12)18(20)19-11-14-5-3-4-13-10-15(21-2)6-7-17(13)14/h6-7,10,12,14,16H,3-5,8-9,11H2,1-2H3,(H,19,20)/t12-,14-,16+/m1/s1. The van der Waals surface area contributed by atoms with E-state index in [9.17, 15) is 4.79 Å². The molecule has 0 spiro atoms. The monoisotopic (exact) mass is 303 g/mol. The second-order valence-corrected chi connectivity index (χ2v) is 6.37. The van der Waals surface area contributed by atoms with Gasteiger partial charge >= 0.3 is 0 Å². The fourth-order valence-corrected chi connectivity index (χ4v) is 3.66. The van der Waals surface area contributed by atoms with Crippen LogP contribution >= 0.6 is 0 Å². The molecule has 0 aromatic heterocycles. The molecular formula is C18H25NO3. The zero-order valence-electron chi connectivity index (χ0n) is 13.4. The molecule has 1 amide bonds. The van der Waals surface area contributed by atoms with E-state index in [2.05, 4.69) is 17.4 Å². The highest BCUT2D eigenvalue weighted by Crippen LogP contribution is 2.33. The Morgan fingerprint density at radius 1 is 1.41 bits per heavy atom. The second kappa shape index (κ2) is 6.69. The first-order chi connectivity index (χ1) is 10.7. The Kier molecular flexibility index (Phi) is 4.67. The molecule has 4 nitrogen and oxygen atoms in total. The number of fused-ring (bicyclic) bond motifs is 1. The number of carbonyl (C=O) groups excluding carboxylic acids is 1. The summed E-state index contributed by atoms with van der Waals surface area (Å²) in [6, 6.07) is 6.31. The number of hydrogen-bond acceptors (Lipinski definition) is 3. The highest BCUT2D eigenvalue weighted by molar-refractivity contribution is 5.79. The van der Waals surface area contributed by atoms with E-state index in [4.69, 9.17) is 9.47 Å². The molecule has 1 aromatic carbocycles. The molecule has 1 aromatic rings. The Morgan fingerprint density at radius 2 is 2.27 bits per heavy atom. The Morgan fingerprint density at radius 3 is 3.00 bits per heavy atom. The van der Waals surface area contributed by atoms with Gasteiger partial charge in [-0.3, -0.25) is 4.79 Å². The van der Waals surface area contributed by atoms with Crippen LogP contribution in [0.2, 0.25) is 0 Å². The molecule has 3 atom stereocenters. The van der Waals surface area contributed by atoms with Crippen molar-refractivity contribution in [2.24, 2.45) is 5.92 Å². The molecule has 0 bridgehead atoms. The van der Waals surface area contributed by atoms with Crippen molar-refractivity contribution in [3.05, 3.63) is 29.3 Å². The van der Waals surface area contributed by atoms with Crippen LogP contribution in [0.1, 0.15) is 43.2 Å². The first-order valence-electron chi connectivity index (χ1n) is 8.25. The lowest BCUT2D eigenvalue weighted by atomic mass is 9.82. The van der Waals surface area contributed by atoms with Gasteiger partial charge < -0.3 is 14.8 Å². The highest BCUT2D eigenvalue weighted by atomic mass is 16.5. The number of ether oxygens (including phenoxy) is 2. The number of nitrogens with one attached hydrogen (secondary N) is 1. The lowest BCUT2D eigenvalue weighted by Crippen LogP contribution is -2.37. The zero-order chi connectivity index (χ0) is 15.5. The summed E-state index contributed by atoms with van der Waals surface area (Å²) in [4.78, 5) is 12.3. The van der Waals surface area contributed by atoms with Gasteiger partial charge in [0.25, 0.3) is 0 Å². The van der Waals surface area contributed by atoms with Crippen LogP contribution in [0.4, 0.5) is 0 Å². The lowest BCUT2D eigenvalue weighted by molar-refractivity contribution is -0.126. The molecule has 2 aliphatic rings. The van der Waals surface area contributed by atoms with Crippen molar-refractivity contribution < 1.29 is 14.3 Å². The summed E-state index contributed by atoms with van der Waals surface area (Å²) in [5, 5.41) is 3.14. The van der Waals surface area contributed by atoms with E-state index < -0.39 is 0 Å². The van der Waals surface area contributed by atoms with Gasteiger partial charge in [0.2, 0.25) is 5.91 Å². The maximum Gasteiger partial charge on any atom is 0.225 e. The van der Waals surface area contributed by atoms with Crippen molar-refractivity contribution in [1.82, 2.24) is 5.32 Å². The summed E-state index contributed by atoms with van der Waals surface area (Å²) >= 11 is 0. The lowest BCUT2D eigenvalue weighted by Gasteiger charge is -2.27. The summed E-state index contributed by atoms with van der Waals surface area (Å²) in [5.41, 5.74) is 2.73. The van der Waals surface area contributed by atoms with E-state index in [1.165, 1.54) is 17.5 Å². The van der Waals surface area contributed by atoms with Crippen LogP contribution in [0.5, 0.6) is 5.75 Å². The van der Waals surface area contributed by atoms with Crippen molar-refractivity contribution in [2.75, 3.05) is 20.3 Å². The summed E-state index contributed by atoms with van der Waals surface area (Å²) in [6.45, 7) is 3.41. The predicted octanol–water partition coefficient (Wildman–Crippen LogP) is 2.66. The van der Waals surface area contributed by atoms with E-state index in [0.717, 1.165) is 31.6 Å². The van der Waals surface area contributed by atoms with Crippen LogP contribution in [-0.4, -0.2) is 32.3 Å². The normalized spacial score (nSPS) is 27.3. The third kappa shape index (κ3) is 3.12. The van der Waals surface area contributed by atoms with E-state index in [1.54, 1.807) is 7.11 Å². The summed E-state index contributed by atoms with van der Waals surface area (Å²) < 4.78 is 10.8. The van der Waals surface area contributed by atoms with Gasteiger partial charge in [-0.05, 0) is 55.9 Å². The summed E-state index contributed by atoms with van der Waals surface area (Å²) in [5.74, 6) is 1.49. The van der Waals surface area contributed by atoms with Crippen LogP contribution in [0, 0.1) is 5.92 Å². The molecule has 1 fully saturated rings. The Hall–Kier alpha value is -1.55. The number of aryl methyl sites for hydroxylation is 1. The third-order valence-electron chi connectivity index (χ3n) is 5.02. The van der Waals surface area contributed by atoms with Gasteiger partial charge in [-0.25, -0.2) is 0 Å². The fourth-order valence-electron chi connectivity index (χ4n) is 3.66. The molecule has 3 rings (SSSR count). The molecule has 1 heterocycles. The van der Waals surface area contributed by atoms with Gasteiger partial charge in [0.15, 0.2) is 0 Å². The van der Waals surface area contributed by atoms with Crippen LogP contribution in [0.3, 0.4) is 0 Å². The van der Waals surface area contributed by atoms with Gasteiger partial charge in [0.1, 0.15) is 5.75 Å². The zero-order valence-corrected chi connectivity index (χ0v) is 13.4. The number of rotatable bonds is 4. The van der Waals surface area contributed by atoms with Crippen molar-refractivity contribution in [3.63, 3.8) is 0 Å². The van der Waals surface area contributed by atoms with Gasteiger partial charge in [0, 0.05) is 19.1 Å². The minimum absolute atomic E-state index is 0.0129. The van der Waals surface area contributed by atoms with Crippen LogP contribution in [0.15, 0.2) is 18.2 Å². The number of hydrogen-bond donors (Lipinski definition) is 1. The van der Waals surface area contributed by atoms with Crippen molar-refractivity contribution in [1.29, 1.82) is 0 Å². The maximum absolute atomic E-state index is 12.3. The molecule has 4 heteroatoms.